The molecule has 1 heterocycles. The quantitative estimate of drug-likeness (QED) is 0.758. The first kappa shape index (κ1) is 16.8. The highest BCUT2D eigenvalue weighted by Gasteiger charge is 2.24. The van der Waals surface area contributed by atoms with Crippen molar-refractivity contribution in [2.45, 2.75) is 50.9 Å². The van der Waals surface area contributed by atoms with Crippen LogP contribution in [0.2, 0.25) is 0 Å². The second kappa shape index (κ2) is 8.12. The van der Waals surface area contributed by atoms with E-state index in [-0.39, 0.29) is 10.7 Å². The van der Waals surface area contributed by atoms with Gasteiger partial charge in [0.1, 0.15) is 0 Å². The van der Waals surface area contributed by atoms with Gasteiger partial charge < -0.3 is 15.4 Å². The van der Waals surface area contributed by atoms with Gasteiger partial charge in [-0.05, 0) is 25.8 Å². The van der Waals surface area contributed by atoms with Crippen molar-refractivity contribution in [1.29, 1.82) is 0 Å². The summed E-state index contributed by atoms with van der Waals surface area (Å²) < 4.78 is 5.89. The van der Waals surface area contributed by atoms with Crippen molar-refractivity contribution >= 4 is 17.7 Å². The molecule has 1 saturated heterocycles. The van der Waals surface area contributed by atoms with Gasteiger partial charge >= 0.3 is 0 Å². The maximum absolute atomic E-state index is 12.1. The highest BCUT2D eigenvalue weighted by molar-refractivity contribution is 8.01. The van der Waals surface area contributed by atoms with Crippen LogP contribution in [0.15, 0.2) is 0 Å². The molecule has 0 bridgehead atoms. The topological polar surface area (TPSA) is 55.6 Å². The molecule has 0 aromatic rings. The van der Waals surface area contributed by atoms with Gasteiger partial charge in [0.2, 0.25) is 5.91 Å². The normalized spacial score (nSPS) is 17.8. The molecule has 0 aromatic carbocycles. The average Bonchev–Trinajstić information content (AvgIpc) is 2.36. The number of nitrogens with zero attached hydrogens (tertiary/aromatic N) is 1. The summed E-state index contributed by atoms with van der Waals surface area (Å²) in [4.78, 5) is 14.0. The molecule has 4 nitrogen and oxygen atoms in total. The second-order valence-electron chi connectivity index (χ2n) is 5.99. The maximum atomic E-state index is 12.1. The Balaban J connectivity index is 2.20. The third kappa shape index (κ3) is 7.18. The van der Waals surface area contributed by atoms with E-state index in [1.807, 2.05) is 4.90 Å². The fraction of sp³-hybridized carbons (Fsp3) is 0.929. The van der Waals surface area contributed by atoms with Gasteiger partial charge in [-0.1, -0.05) is 20.8 Å². The largest absolute Gasteiger partial charge is 0.378 e. The molecule has 1 amide bonds. The molecule has 2 N–H and O–H groups in total. The Morgan fingerprint density at radius 1 is 1.37 bits per heavy atom. The highest BCUT2D eigenvalue weighted by atomic mass is 32.2. The predicted octanol–water partition coefficient (Wildman–Crippen LogP) is 1.87. The summed E-state index contributed by atoms with van der Waals surface area (Å²) in [5.74, 6) is 0.850. The van der Waals surface area contributed by atoms with Crippen molar-refractivity contribution in [3.05, 3.63) is 0 Å². The SMILES string of the molecule is CC(C)(C)SCC(=O)N1CCC(OCCCN)CC1. The van der Waals surface area contributed by atoms with E-state index in [2.05, 4.69) is 20.8 Å². The fourth-order valence-corrected chi connectivity index (χ4v) is 2.71. The lowest BCUT2D eigenvalue weighted by Crippen LogP contribution is -2.42. The van der Waals surface area contributed by atoms with E-state index in [0.717, 1.165) is 39.0 Å². The molecule has 0 atom stereocenters. The van der Waals surface area contributed by atoms with Crippen LogP contribution in [0.5, 0.6) is 0 Å². The molecule has 5 heteroatoms. The van der Waals surface area contributed by atoms with Crippen molar-refractivity contribution in [1.82, 2.24) is 4.90 Å². The van der Waals surface area contributed by atoms with Gasteiger partial charge in [-0.3, -0.25) is 4.79 Å². The number of ether oxygens (including phenoxy) is 1. The van der Waals surface area contributed by atoms with Crippen LogP contribution in [-0.2, 0) is 9.53 Å². The summed E-state index contributed by atoms with van der Waals surface area (Å²) in [5.41, 5.74) is 5.44. The van der Waals surface area contributed by atoms with Crippen LogP contribution >= 0.6 is 11.8 Å². The molecular formula is C14H28N2O2S. The minimum Gasteiger partial charge on any atom is -0.378 e. The number of hydrogen-bond donors (Lipinski definition) is 1. The Hall–Kier alpha value is -0.260. The summed E-state index contributed by atoms with van der Waals surface area (Å²) in [6.45, 7) is 9.51. The number of carbonyl (C=O) groups excluding carboxylic acids is 1. The van der Waals surface area contributed by atoms with Crippen LogP contribution in [0, 0.1) is 0 Å². The van der Waals surface area contributed by atoms with Crippen LogP contribution < -0.4 is 5.73 Å². The molecule has 0 saturated carbocycles. The molecule has 1 rings (SSSR count). The molecule has 0 spiro atoms. The summed E-state index contributed by atoms with van der Waals surface area (Å²) in [6.07, 6.45) is 3.14. The Bertz CT molecular complexity index is 271. The van der Waals surface area contributed by atoms with E-state index < -0.39 is 0 Å². The lowest BCUT2D eigenvalue weighted by molar-refractivity contribution is -0.131. The third-order valence-electron chi connectivity index (χ3n) is 3.13. The number of piperidine rings is 1. The Morgan fingerprint density at radius 3 is 2.53 bits per heavy atom. The number of nitrogens with two attached hydrogens (primary N) is 1. The molecule has 0 unspecified atom stereocenters. The van der Waals surface area contributed by atoms with Gasteiger partial charge in [-0.25, -0.2) is 0 Å². The highest BCUT2D eigenvalue weighted by Crippen LogP contribution is 2.24. The first-order chi connectivity index (χ1) is 8.92. The van der Waals surface area contributed by atoms with E-state index in [4.69, 9.17) is 10.5 Å². The van der Waals surface area contributed by atoms with Gasteiger partial charge in [0.25, 0.3) is 0 Å². The van der Waals surface area contributed by atoms with E-state index in [9.17, 15) is 4.79 Å². The molecule has 19 heavy (non-hydrogen) atoms. The van der Waals surface area contributed by atoms with E-state index in [1.165, 1.54) is 0 Å². The van der Waals surface area contributed by atoms with Crippen LogP contribution in [0.4, 0.5) is 0 Å². The summed E-state index contributed by atoms with van der Waals surface area (Å²) >= 11 is 1.72. The summed E-state index contributed by atoms with van der Waals surface area (Å²) in [6, 6.07) is 0. The molecule has 112 valence electrons. The number of carbonyl (C=O) groups is 1. The van der Waals surface area contributed by atoms with Crippen molar-refractivity contribution in [3.63, 3.8) is 0 Å². The molecule has 0 aliphatic carbocycles. The fourth-order valence-electron chi connectivity index (χ4n) is 1.97. The number of likely N-dealkylation sites (tertiary alicyclic amines) is 1. The van der Waals surface area contributed by atoms with Gasteiger partial charge in [-0.2, -0.15) is 0 Å². The van der Waals surface area contributed by atoms with Gasteiger partial charge in [0.05, 0.1) is 11.9 Å². The van der Waals surface area contributed by atoms with E-state index >= 15 is 0 Å². The average molecular weight is 288 g/mol. The molecule has 0 radical (unpaired) electrons. The zero-order valence-electron chi connectivity index (χ0n) is 12.5. The minimum absolute atomic E-state index is 0.152. The molecular weight excluding hydrogens is 260 g/mol. The second-order valence-corrected chi connectivity index (χ2v) is 7.80. The number of thioether (sulfide) groups is 1. The van der Waals surface area contributed by atoms with Crippen LogP contribution in [0.25, 0.3) is 0 Å². The molecule has 1 aliphatic rings. The standard InChI is InChI=1S/C14H28N2O2S/c1-14(2,3)19-11-13(17)16-8-5-12(6-9-16)18-10-4-7-15/h12H,4-11,15H2,1-3H3. The minimum atomic E-state index is 0.152. The van der Waals surface area contributed by atoms with E-state index in [0.29, 0.717) is 18.4 Å². The van der Waals surface area contributed by atoms with Crippen molar-refractivity contribution < 1.29 is 9.53 Å². The third-order valence-corrected chi connectivity index (χ3v) is 4.38. The summed E-state index contributed by atoms with van der Waals surface area (Å²) in [5, 5.41) is 0. The lowest BCUT2D eigenvalue weighted by Gasteiger charge is -2.32. The summed E-state index contributed by atoms with van der Waals surface area (Å²) in [7, 11) is 0. The van der Waals surface area contributed by atoms with Gasteiger partial charge in [0.15, 0.2) is 0 Å². The van der Waals surface area contributed by atoms with Crippen LogP contribution in [0.3, 0.4) is 0 Å². The Kier molecular flexibility index (Phi) is 7.18. The van der Waals surface area contributed by atoms with Crippen molar-refractivity contribution in [3.8, 4) is 0 Å². The molecule has 0 aromatic heterocycles. The van der Waals surface area contributed by atoms with Crippen molar-refractivity contribution in [2.75, 3.05) is 32.0 Å². The smallest absolute Gasteiger partial charge is 0.232 e. The first-order valence-electron chi connectivity index (χ1n) is 7.16. The zero-order valence-corrected chi connectivity index (χ0v) is 13.3. The lowest BCUT2D eigenvalue weighted by atomic mass is 10.1. The van der Waals surface area contributed by atoms with E-state index in [1.54, 1.807) is 11.8 Å². The number of hydrogen-bond acceptors (Lipinski definition) is 4. The molecule has 1 fully saturated rings. The zero-order chi connectivity index (χ0) is 14.3. The predicted molar refractivity (Wildman–Crippen MR) is 81.4 cm³/mol. The van der Waals surface area contributed by atoms with Crippen molar-refractivity contribution in [2.24, 2.45) is 5.73 Å². The monoisotopic (exact) mass is 288 g/mol. The maximum Gasteiger partial charge on any atom is 0.232 e. The first-order valence-corrected chi connectivity index (χ1v) is 8.14. The number of rotatable bonds is 6. The molecule has 1 aliphatic heterocycles. The Morgan fingerprint density at radius 2 is 2.00 bits per heavy atom. The van der Waals surface area contributed by atoms with Gasteiger partial charge in [0, 0.05) is 24.4 Å². The van der Waals surface area contributed by atoms with Crippen LogP contribution in [0.1, 0.15) is 40.0 Å². The van der Waals surface area contributed by atoms with Crippen LogP contribution in [-0.4, -0.2) is 53.7 Å². The number of amides is 1. The Labute approximate surface area is 121 Å². The van der Waals surface area contributed by atoms with Gasteiger partial charge in [-0.15, -0.1) is 11.8 Å².